The van der Waals surface area contributed by atoms with Crippen molar-refractivity contribution >= 4 is 5.91 Å². The summed E-state index contributed by atoms with van der Waals surface area (Å²) in [5.74, 6) is 0.906. The molecule has 2 fully saturated rings. The zero-order valence-electron chi connectivity index (χ0n) is 10.5. The molecule has 0 radical (unpaired) electrons. The predicted molar refractivity (Wildman–Crippen MR) is 66.8 cm³/mol. The normalized spacial score (nSPS) is 22.1. The molecule has 0 aromatic rings. The van der Waals surface area contributed by atoms with Gasteiger partial charge in [0, 0.05) is 6.54 Å². The summed E-state index contributed by atoms with van der Waals surface area (Å²) in [4.78, 5) is 11.5. The molecular weight excluding hydrogens is 216 g/mol. The van der Waals surface area contributed by atoms with Gasteiger partial charge in [-0.25, -0.2) is 0 Å². The molecule has 2 rings (SSSR count). The van der Waals surface area contributed by atoms with Crippen molar-refractivity contribution in [2.45, 2.75) is 44.6 Å². The van der Waals surface area contributed by atoms with E-state index in [-0.39, 0.29) is 18.6 Å². The van der Waals surface area contributed by atoms with Crippen LogP contribution in [0.25, 0.3) is 0 Å². The van der Waals surface area contributed by atoms with Crippen molar-refractivity contribution in [1.82, 2.24) is 10.6 Å². The lowest BCUT2D eigenvalue weighted by molar-refractivity contribution is -0.128. The zero-order chi connectivity index (χ0) is 11.9. The third kappa shape index (κ3) is 4.64. The molecule has 0 aromatic carbocycles. The van der Waals surface area contributed by atoms with Gasteiger partial charge in [-0.2, -0.15) is 0 Å². The Kier molecular flexibility index (Phi) is 5.26. The minimum Gasteiger partial charge on any atom is -0.368 e. The summed E-state index contributed by atoms with van der Waals surface area (Å²) in [5.41, 5.74) is 0. The van der Waals surface area contributed by atoms with Gasteiger partial charge in [0.1, 0.15) is 6.61 Å². The lowest BCUT2D eigenvalue weighted by Crippen LogP contribution is -2.36. The van der Waals surface area contributed by atoms with Crippen LogP contribution in [0.15, 0.2) is 0 Å². The average Bonchev–Trinajstić information content (AvgIpc) is 2.31. The van der Waals surface area contributed by atoms with E-state index in [9.17, 15) is 4.79 Å². The number of amides is 1. The van der Waals surface area contributed by atoms with E-state index in [1.807, 2.05) is 0 Å². The number of hydrogen-bond acceptors (Lipinski definition) is 3. The lowest BCUT2D eigenvalue weighted by Gasteiger charge is -2.25. The molecule has 98 valence electrons. The van der Waals surface area contributed by atoms with Crippen LogP contribution in [0.3, 0.4) is 0 Å². The van der Waals surface area contributed by atoms with Crippen molar-refractivity contribution in [3.63, 3.8) is 0 Å². The van der Waals surface area contributed by atoms with Crippen LogP contribution in [0.2, 0.25) is 0 Å². The average molecular weight is 240 g/mol. The van der Waals surface area contributed by atoms with Crippen molar-refractivity contribution in [2.75, 3.05) is 26.2 Å². The van der Waals surface area contributed by atoms with Crippen LogP contribution in [-0.4, -0.2) is 38.3 Å². The maximum Gasteiger partial charge on any atom is 0.246 e. The lowest BCUT2D eigenvalue weighted by atomic mass is 9.83. The van der Waals surface area contributed by atoms with Gasteiger partial charge in [0.2, 0.25) is 5.91 Å². The molecule has 4 nitrogen and oxygen atoms in total. The second-order valence-corrected chi connectivity index (χ2v) is 5.20. The van der Waals surface area contributed by atoms with Crippen molar-refractivity contribution in [3.8, 4) is 0 Å². The van der Waals surface area contributed by atoms with E-state index in [0.717, 1.165) is 44.8 Å². The summed E-state index contributed by atoms with van der Waals surface area (Å²) in [5, 5.41) is 6.22. The minimum absolute atomic E-state index is 0.0443. The van der Waals surface area contributed by atoms with Gasteiger partial charge in [-0.05, 0) is 38.3 Å². The number of ether oxygens (including phenoxy) is 1. The summed E-state index contributed by atoms with van der Waals surface area (Å²) in [6.07, 6.45) is 7.53. The summed E-state index contributed by atoms with van der Waals surface area (Å²) in [6, 6.07) is 0. The summed E-state index contributed by atoms with van der Waals surface area (Å²) in [6.45, 7) is 3.07. The Morgan fingerprint density at radius 3 is 2.65 bits per heavy atom. The maximum absolute atomic E-state index is 11.5. The Labute approximate surface area is 103 Å². The van der Waals surface area contributed by atoms with E-state index in [4.69, 9.17) is 4.74 Å². The number of piperidine rings is 1. The first-order valence-electron chi connectivity index (χ1n) is 6.93. The fraction of sp³-hybridized carbons (Fsp3) is 0.923. The molecule has 0 bridgehead atoms. The first-order chi connectivity index (χ1) is 8.34. The smallest absolute Gasteiger partial charge is 0.246 e. The Bertz CT molecular complexity index is 236. The Hall–Kier alpha value is -0.610. The van der Waals surface area contributed by atoms with Gasteiger partial charge in [0.25, 0.3) is 0 Å². The van der Waals surface area contributed by atoms with Crippen LogP contribution in [0.1, 0.15) is 38.5 Å². The van der Waals surface area contributed by atoms with Gasteiger partial charge < -0.3 is 15.4 Å². The molecule has 2 aliphatic rings. The number of hydrogen-bond donors (Lipinski definition) is 2. The first-order valence-corrected chi connectivity index (χ1v) is 6.93. The fourth-order valence-corrected chi connectivity index (χ4v) is 2.40. The first kappa shape index (κ1) is 12.8. The third-order valence-electron chi connectivity index (χ3n) is 3.84. The van der Waals surface area contributed by atoms with E-state index in [2.05, 4.69) is 10.6 Å². The topological polar surface area (TPSA) is 50.4 Å². The highest BCUT2D eigenvalue weighted by atomic mass is 16.5. The van der Waals surface area contributed by atoms with Crippen LogP contribution in [-0.2, 0) is 9.53 Å². The van der Waals surface area contributed by atoms with Gasteiger partial charge in [0.15, 0.2) is 0 Å². The maximum atomic E-state index is 11.5. The van der Waals surface area contributed by atoms with Crippen LogP contribution in [0.5, 0.6) is 0 Å². The molecule has 17 heavy (non-hydrogen) atoms. The van der Waals surface area contributed by atoms with Crippen LogP contribution in [0.4, 0.5) is 0 Å². The highest BCUT2D eigenvalue weighted by Crippen LogP contribution is 2.28. The van der Waals surface area contributed by atoms with Gasteiger partial charge in [-0.3, -0.25) is 4.79 Å². The standard InChI is InChI=1S/C13H24N2O2/c16-13(15-9-4-11-2-1-3-11)10-17-12-5-7-14-8-6-12/h11-12,14H,1-10H2,(H,15,16). The second-order valence-electron chi connectivity index (χ2n) is 5.20. The fourth-order valence-electron chi connectivity index (χ4n) is 2.40. The van der Waals surface area contributed by atoms with E-state index < -0.39 is 0 Å². The van der Waals surface area contributed by atoms with E-state index in [0.29, 0.717) is 0 Å². The van der Waals surface area contributed by atoms with Crippen molar-refractivity contribution < 1.29 is 9.53 Å². The van der Waals surface area contributed by atoms with Crippen molar-refractivity contribution in [3.05, 3.63) is 0 Å². The highest BCUT2D eigenvalue weighted by Gasteiger charge is 2.17. The summed E-state index contributed by atoms with van der Waals surface area (Å²) < 4.78 is 5.59. The second kappa shape index (κ2) is 6.97. The molecule has 0 aromatic heterocycles. The predicted octanol–water partition coefficient (Wildman–Crippen LogP) is 1.06. The van der Waals surface area contributed by atoms with E-state index in [1.165, 1.54) is 19.3 Å². The molecule has 1 aliphatic carbocycles. The minimum atomic E-state index is 0.0443. The molecule has 1 aliphatic heterocycles. The molecule has 0 unspecified atom stereocenters. The summed E-state index contributed by atoms with van der Waals surface area (Å²) >= 11 is 0. The van der Waals surface area contributed by atoms with Gasteiger partial charge in [0.05, 0.1) is 6.10 Å². The molecule has 0 atom stereocenters. The van der Waals surface area contributed by atoms with E-state index in [1.54, 1.807) is 0 Å². The number of nitrogens with one attached hydrogen (secondary N) is 2. The molecular formula is C13H24N2O2. The molecule has 1 saturated carbocycles. The number of carbonyl (C=O) groups is 1. The van der Waals surface area contributed by atoms with Crippen molar-refractivity contribution in [2.24, 2.45) is 5.92 Å². The molecule has 4 heteroatoms. The Morgan fingerprint density at radius 1 is 1.24 bits per heavy atom. The molecule has 0 spiro atoms. The van der Waals surface area contributed by atoms with Crippen molar-refractivity contribution in [1.29, 1.82) is 0 Å². The third-order valence-corrected chi connectivity index (χ3v) is 3.84. The van der Waals surface area contributed by atoms with Crippen LogP contribution < -0.4 is 10.6 Å². The zero-order valence-corrected chi connectivity index (χ0v) is 10.5. The molecule has 1 heterocycles. The number of carbonyl (C=O) groups excluding carboxylic acids is 1. The highest BCUT2D eigenvalue weighted by molar-refractivity contribution is 5.77. The SMILES string of the molecule is O=C(COC1CCNCC1)NCCC1CCC1. The Morgan fingerprint density at radius 2 is 2.00 bits per heavy atom. The largest absolute Gasteiger partial charge is 0.368 e. The Balaban J connectivity index is 1.47. The van der Waals surface area contributed by atoms with Crippen LogP contribution >= 0.6 is 0 Å². The van der Waals surface area contributed by atoms with E-state index >= 15 is 0 Å². The molecule has 1 saturated heterocycles. The van der Waals surface area contributed by atoms with Gasteiger partial charge >= 0.3 is 0 Å². The quantitative estimate of drug-likeness (QED) is 0.730. The molecule has 1 amide bonds. The van der Waals surface area contributed by atoms with Gasteiger partial charge in [-0.1, -0.05) is 19.3 Å². The summed E-state index contributed by atoms with van der Waals surface area (Å²) in [7, 11) is 0. The van der Waals surface area contributed by atoms with Crippen LogP contribution in [0, 0.1) is 5.92 Å². The van der Waals surface area contributed by atoms with Gasteiger partial charge in [-0.15, -0.1) is 0 Å². The number of rotatable bonds is 6. The molecule has 2 N–H and O–H groups in total. The monoisotopic (exact) mass is 240 g/mol.